The van der Waals surface area contributed by atoms with Crippen LogP contribution in [0.4, 0.5) is 8.78 Å². The summed E-state index contributed by atoms with van der Waals surface area (Å²) in [6, 6.07) is 2.09. The van der Waals surface area contributed by atoms with Gasteiger partial charge in [-0.25, -0.2) is 8.78 Å². The van der Waals surface area contributed by atoms with Gasteiger partial charge in [-0.1, -0.05) is 5.16 Å². The van der Waals surface area contributed by atoms with E-state index in [0.717, 1.165) is 18.9 Å². The second-order valence-corrected chi connectivity index (χ2v) is 5.50. The molecule has 9 heteroatoms. The van der Waals surface area contributed by atoms with Crippen molar-refractivity contribution in [2.24, 2.45) is 0 Å². The fourth-order valence-electron chi connectivity index (χ4n) is 2.56. The molecular weight excluding hydrogens is 336 g/mol. The number of halogens is 2. The summed E-state index contributed by atoms with van der Waals surface area (Å²) in [6.07, 6.45) is 1.87. The first-order valence-electron chi connectivity index (χ1n) is 7.84. The predicted octanol–water partition coefficient (Wildman–Crippen LogP) is 2.18. The van der Waals surface area contributed by atoms with Crippen LogP contribution in [0.3, 0.4) is 0 Å². The lowest BCUT2D eigenvalue weighted by Gasteiger charge is -2.10. The molecule has 2 heterocycles. The highest BCUT2D eigenvalue weighted by molar-refractivity contribution is 5.97. The lowest BCUT2D eigenvalue weighted by molar-refractivity contribution is 0.0835. The van der Waals surface area contributed by atoms with Gasteiger partial charge < -0.3 is 19.3 Å². The van der Waals surface area contributed by atoms with E-state index < -0.39 is 23.1 Å². The zero-order valence-electron chi connectivity index (χ0n) is 13.6. The van der Waals surface area contributed by atoms with E-state index in [4.69, 9.17) is 14.0 Å². The van der Waals surface area contributed by atoms with Crippen molar-refractivity contribution in [3.63, 3.8) is 0 Å². The van der Waals surface area contributed by atoms with Gasteiger partial charge in [-0.3, -0.25) is 4.79 Å². The van der Waals surface area contributed by atoms with Gasteiger partial charge in [0.1, 0.15) is 17.4 Å². The molecule has 0 saturated carbocycles. The molecule has 0 bridgehead atoms. The van der Waals surface area contributed by atoms with Gasteiger partial charge in [0.25, 0.3) is 11.8 Å². The Kier molecular flexibility index (Phi) is 5.22. The standard InChI is InChI=1S/C16H17F2N3O4/c1-23-10-5-4-9(17)14(18)13(10)15(22)19-7-6-12-20-16(25-21-12)11-3-2-8-24-11/h4-5,11H,2-3,6-8H2,1H3,(H,19,22). The van der Waals surface area contributed by atoms with Crippen LogP contribution in [-0.4, -0.2) is 36.3 Å². The lowest BCUT2D eigenvalue weighted by atomic mass is 10.1. The van der Waals surface area contributed by atoms with Crippen molar-refractivity contribution in [2.75, 3.05) is 20.3 Å². The zero-order chi connectivity index (χ0) is 17.8. The van der Waals surface area contributed by atoms with Crippen molar-refractivity contribution in [2.45, 2.75) is 25.4 Å². The Morgan fingerprint density at radius 2 is 2.28 bits per heavy atom. The largest absolute Gasteiger partial charge is 0.496 e. The van der Waals surface area contributed by atoms with Crippen LogP contribution in [0.2, 0.25) is 0 Å². The van der Waals surface area contributed by atoms with Crippen LogP contribution in [0.15, 0.2) is 16.7 Å². The van der Waals surface area contributed by atoms with E-state index in [-0.39, 0.29) is 24.8 Å². The van der Waals surface area contributed by atoms with E-state index in [1.807, 2.05) is 0 Å². The molecule has 134 valence electrons. The Hall–Kier alpha value is -2.55. The highest BCUT2D eigenvalue weighted by atomic mass is 19.2. The number of ether oxygens (including phenoxy) is 2. The summed E-state index contributed by atoms with van der Waals surface area (Å²) in [4.78, 5) is 16.3. The van der Waals surface area contributed by atoms with Crippen LogP contribution in [0.5, 0.6) is 5.75 Å². The number of methoxy groups -OCH3 is 1. The highest BCUT2D eigenvalue weighted by Crippen LogP contribution is 2.27. The smallest absolute Gasteiger partial charge is 0.258 e. The maximum absolute atomic E-state index is 13.9. The number of aromatic nitrogens is 2. The fraction of sp³-hybridized carbons (Fsp3) is 0.438. The summed E-state index contributed by atoms with van der Waals surface area (Å²) in [5, 5.41) is 6.31. The summed E-state index contributed by atoms with van der Waals surface area (Å²) < 4.78 is 42.7. The van der Waals surface area contributed by atoms with E-state index in [0.29, 0.717) is 18.3 Å². The molecule has 1 fully saturated rings. The van der Waals surface area contributed by atoms with E-state index in [1.54, 1.807) is 0 Å². The zero-order valence-corrected chi connectivity index (χ0v) is 13.6. The quantitative estimate of drug-likeness (QED) is 0.857. The second kappa shape index (κ2) is 7.56. The molecule has 1 N–H and O–H groups in total. The van der Waals surface area contributed by atoms with Crippen molar-refractivity contribution in [1.82, 2.24) is 15.5 Å². The summed E-state index contributed by atoms with van der Waals surface area (Å²) in [5.41, 5.74) is -0.476. The number of carbonyl (C=O) groups excluding carboxylic acids is 1. The van der Waals surface area contributed by atoms with E-state index >= 15 is 0 Å². The highest BCUT2D eigenvalue weighted by Gasteiger charge is 2.24. The molecule has 1 aromatic heterocycles. The minimum atomic E-state index is -1.25. The molecule has 1 atom stereocenters. The maximum Gasteiger partial charge on any atom is 0.258 e. The third-order valence-electron chi connectivity index (χ3n) is 3.83. The Labute approximate surface area is 142 Å². The molecule has 1 aliphatic heterocycles. The summed E-state index contributed by atoms with van der Waals surface area (Å²) in [5.74, 6) is -2.38. The van der Waals surface area contributed by atoms with Gasteiger partial charge in [-0.15, -0.1) is 0 Å². The predicted molar refractivity (Wildman–Crippen MR) is 81.2 cm³/mol. The van der Waals surface area contributed by atoms with Crippen LogP contribution in [0.1, 0.15) is 41.0 Å². The number of hydrogen-bond acceptors (Lipinski definition) is 6. The number of rotatable bonds is 6. The SMILES string of the molecule is COc1ccc(F)c(F)c1C(=O)NCCc1noc(C2CCCO2)n1. The minimum absolute atomic E-state index is 0.0448. The van der Waals surface area contributed by atoms with Gasteiger partial charge in [-0.05, 0) is 25.0 Å². The summed E-state index contributed by atoms with van der Waals surface area (Å²) in [7, 11) is 1.27. The average Bonchev–Trinajstić information content (AvgIpc) is 3.28. The molecule has 2 aromatic rings. The number of nitrogens with zero attached hydrogens (tertiary/aromatic N) is 2. The number of nitrogens with one attached hydrogen (secondary N) is 1. The van der Waals surface area contributed by atoms with E-state index in [9.17, 15) is 13.6 Å². The molecule has 3 rings (SSSR count). The molecule has 1 unspecified atom stereocenters. The molecule has 1 amide bonds. The Balaban J connectivity index is 1.59. The van der Waals surface area contributed by atoms with Gasteiger partial charge in [0.2, 0.25) is 0 Å². The van der Waals surface area contributed by atoms with Crippen molar-refractivity contribution >= 4 is 5.91 Å². The molecule has 0 spiro atoms. The topological polar surface area (TPSA) is 86.5 Å². The first-order valence-corrected chi connectivity index (χ1v) is 7.84. The molecule has 1 aliphatic rings. The van der Waals surface area contributed by atoms with Crippen molar-refractivity contribution in [1.29, 1.82) is 0 Å². The average molecular weight is 353 g/mol. The van der Waals surface area contributed by atoms with Crippen molar-refractivity contribution in [3.8, 4) is 5.75 Å². The van der Waals surface area contributed by atoms with Gasteiger partial charge in [-0.2, -0.15) is 4.98 Å². The summed E-state index contributed by atoms with van der Waals surface area (Å²) >= 11 is 0. The summed E-state index contributed by atoms with van der Waals surface area (Å²) in [6.45, 7) is 0.794. The minimum Gasteiger partial charge on any atom is -0.496 e. The maximum atomic E-state index is 13.9. The molecule has 0 radical (unpaired) electrons. The molecule has 0 aliphatic carbocycles. The molecule has 1 saturated heterocycles. The Morgan fingerprint density at radius 3 is 3.00 bits per heavy atom. The number of hydrogen-bond donors (Lipinski definition) is 1. The number of benzene rings is 1. The fourth-order valence-corrected chi connectivity index (χ4v) is 2.56. The lowest BCUT2D eigenvalue weighted by Crippen LogP contribution is -2.27. The molecular formula is C16H17F2N3O4. The molecule has 1 aromatic carbocycles. The Morgan fingerprint density at radius 1 is 1.44 bits per heavy atom. The first kappa shape index (κ1) is 17.3. The van der Waals surface area contributed by atoms with Crippen LogP contribution in [0.25, 0.3) is 0 Å². The van der Waals surface area contributed by atoms with Crippen molar-refractivity contribution in [3.05, 3.63) is 41.0 Å². The van der Waals surface area contributed by atoms with Crippen molar-refractivity contribution < 1.29 is 27.6 Å². The van der Waals surface area contributed by atoms with Gasteiger partial charge in [0, 0.05) is 19.6 Å². The van der Waals surface area contributed by atoms with Crippen LogP contribution in [0, 0.1) is 11.6 Å². The molecule has 7 nitrogen and oxygen atoms in total. The van der Waals surface area contributed by atoms with E-state index in [1.165, 1.54) is 13.2 Å². The van der Waals surface area contributed by atoms with Crippen LogP contribution in [-0.2, 0) is 11.2 Å². The third kappa shape index (κ3) is 3.76. The van der Waals surface area contributed by atoms with Gasteiger partial charge in [0.15, 0.2) is 17.5 Å². The Bertz CT molecular complexity index is 760. The second-order valence-electron chi connectivity index (χ2n) is 5.50. The number of amides is 1. The van der Waals surface area contributed by atoms with E-state index in [2.05, 4.69) is 15.5 Å². The van der Waals surface area contributed by atoms with Crippen LogP contribution < -0.4 is 10.1 Å². The third-order valence-corrected chi connectivity index (χ3v) is 3.83. The normalized spacial score (nSPS) is 16.8. The van der Waals surface area contributed by atoms with Gasteiger partial charge >= 0.3 is 0 Å². The molecule has 25 heavy (non-hydrogen) atoms. The van der Waals surface area contributed by atoms with Crippen LogP contribution >= 0.6 is 0 Å². The van der Waals surface area contributed by atoms with Gasteiger partial charge in [0.05, 0.1) is 7.11 Å². The first-order chi connectivity index (χ1) is 12.1. The number of carbonyl (C=O) groups is 1. The monoisotopic (exact) mass is 353 g/mol.